The molecule has 2 N–H and O–H groups in total. The zero-order chi connectivity index (χ0) is 14.3. The van der Waals surface area contributed by atoms with E-state index in [2.05, 4.69) is 0 Å². The van der Waals surface area contributed by atoms with E-state index < -0.39 is 17.5 Å². The van der Waals surface area contributed by atoms with E-state index >= 15 is 0 Å². The summed E-state index contributed by atoms with van der Waals surface area (Å²) in [7, 11) is 0. The molecule has 0 unspecified atom stereocenters. The summed E-state index contributed by atoms with van der Waals surface area (Å²) in [6.45, 7) is 7.29. The van der Waals surface area contributed by atoms with E-state index in [-0.39, 0.29) is 25.3 Å². The average molecular weight is 258 g/mol. The minimum absolute atomic E-state index is 0.00532. The van der Waals surface area contributed by atoms with Crippen molar-refractivity contribution in [2.45, 2.75) is 46.1 Å². The molecule has 0 aromatic carbocycles. The molecule has 6 nitrogen and oxygen atoms in total. The fraction of sp³-hybridized carbons (Fsp3) is 0.750. The highest BCUT2D eigenvalue weighted by Gasteiger charge is 2.19. The van der Waals surface area contributed by atoms with Gasteiger partial charge in [0, 0.05) is 13.0 Å². The second kappa shape index (κ2) is 6.98. The molecule has 0 rings (SSSR count). The van der Waals surface area contributed by atoms with Crippen LogP contribution in [0.1, 0.15) is 40.5 Å². The first kappa shape index (κ1) is 16.4. The Bertz CT molecular complexity index is 321. The molecule has 0 aromatic rings. The third kappa shape index (κ3) is 7.65. The van der Waals surface area contributed by atoms with Gasteiger partial charge in [-0.1, -0.05) is 0 Å². The van der Waals surface area contributed by atoms with Crippen molar-refractivity contribution in [2.75, 3.05) is 13.1 Å². The number of nitrogens with zero attached hydrogens (tertiary/aromatic N) is 1. The number of primary amides is 1. The lowest BCUT2D eigenvalue weighted by molar-refractivity contribution is -0.156. The number of carbonyl (C=O) groups is 3. The lowest BCUT2D eigenvalue weighted by Gasteiger charge is -2.21. The van der Waals surface area contributed by atoms with E-state index in [1.165, 1.54) is 4.90 Å². The molecular weight excluding hydrogens is 236 g/mol. The summed E-state index contributed by atoms with van der Waals surface area (Å²) in [5, 5.41) is 0. The topological polar surface area (TPSA) is 89.7 Å². The summed E-state index contributed by atoms with van der Waals surface area (Å²) in [6.07, 6.45) is 0.0292. The van der Waals surface area contributed by atoms with Gasteiger partial charge >= 0.3 is 5.97 Å². The second-order valence-corrected chi connectivity index (χ2v) is 4.96. The second-order valence-electron chi connectivity index (χ2n) is 4.96. The summed E-state index contributed by atoms with van der Waals surface area (Å²) >= 11 is 0. The molecule has 6 heteroatoms. The summed E-state index contributed by atoms with van der Waals surface area (Å²) in [5.74, 6) is -1.27. The van der Waals surface area contributed by atoms with E-state index in [1.54, 1.807) is 27.7 Å². The molecule has 2 amide bonds. The smallest absolute Gasteiger partial charge is 0.306 e. The Morgan fingerprint density at radius 2 is 1.72 bits per heavy atom. The van der Waals surface area contributed by atoms with Crippen LogP contribution in [0.15, 0.2) is 0 Å². The molecule has 0 aromatic heterocycles. The number of hydrogen-bond acceptors (Lipinski definition) is 4. The fourth-order valence-corrected chi connectivity index (χ4v) is 1.32. The van der Waals surface area contributed by atoms with Gasteiger partial charge in [0.2, 0.25) is 11.8 Å². The van der Waals surface area contributed by atoms with E-state index in [9.17, 15) is 14.4 Å². The molecule has 0 saturated heterocycles. The minimum atomic E-state index is -0.567. The molecule has 0 spiro atoms. The number of ether oxygens (including phenoxy) is 1. The number of likely N-dealkylation sites (N-methyl/N-ethyl adjacent to an activating group) is 1. The molecule has 0 atom stereocenters. The van der Waals surface area contributed by atoms with Gasteiger partial charge in [-0.25, -0.2) is 0 Å². The Morgan fingerprint density at radius 3 is 2.11 bits per heavy atom. The maximum absolute atomic E-state index is 11.7. The number of amides is 2. The van der Waals surface area contributed by atoms with Crippen molar-refractivity contribution in [3.63, 3.8) is 0 Å². The van der Waals surface area contributed by atoms with Crippen molar-refractivity contribution in [3.8, 4) is 0 Å². The normalized spacial score (nSPS) is 10.9. The van der Waals surface area contributed by atoms with Crippen LogP contribution in [0.4, 0.5) is 0 Å². The van der Waals surface area contributed by atoms with Gasteiger partial charge in [-0.3, -0.25) is 14.4 Å². The largest absolute Gasteiger partial charge is 0.460 e. The molecule has 18 heavy (non-hydrogen) atoms. The minimum Gasteiger partial charge on any atom is -0.460 e. The van der Waals surface area contributed by atoms with Crippen LogP contribution in [0.25, 0.3) is 0 Å². The van der Waals surface area contributed by atoms with Crippen LogP contribution in [0.2, 0.25) is 0 Å². The molecule has 0 radical (unpaired) electrons. The predicted molar refractivity (Wildman–Crippen MR) is 66.5 cm³/mol. The van der Waals surface area contributed by atoms with E-state index in [4.69, 9.17) is 10.5 Å². The zero-order valence-electron chi connectivity index (χ0n) is 11.5. The summed E-state index contributed by atoms with van der Waals surface area (Å²) in [5.41, 5.74) is 4.46. The maximum Gasteiger partial charge on any atom is 0.306 e. The third-order valence-corrected chi connectivity index (χ3v) is 2.04. The van der Waals surface area contributed by atoms with Gasteiger partial charge in [-0.15, -0.1) is 0 Å². The molecule has 0 aliphatic carbocycles. The lowest BCUT2D eigenvalue weighted by atomic mass is 10.2. The van der Waals surface area contributed by atoms with Gasteiger partial charge < -0.3 is 15.4 Å². The fourth-order valence-electron chi connectivity index (χ4n) is 1.32. The van der Waals surface area contributed by atoms with Crippen molar-refractivity contribution < 1.29 is 19.1 Å². The van der Waals surface area contributed by atoms with Crippen molar-refractivity contribution in [3.05, 3.63) is 0 Å². The Hall–Kier alpha value is -1.59. The van der Waals surface area contributed by atoms with Crippen LogP contribution in [0.3, 0.4) is 0 Å². The Morgan fingerprint density at radius 1 is 1.17 bits per heavy atom. The van der Waals surface area contributed by atoms with Gasteiger partial charge in [-0.2, -0.15) is 0 Å². The predicted octanol–water partition coefficient (Wildman–Crippen LogP) is 0.442. The highest BCUT2D eigenvalue weighted by atomic mass is 16.6. The standard InChI is InChI=1S/C12H22N2O4/c1-5-14(8-9(13)15)10(16)6-7-11(17)18-12(2,3)4/h5-8H2,1-4H3,(H2,13,15). The highest BCUT2D eigenvalue weighted by Crippen LogP contribution is 2.09. The SMILES string of the molecule is CCN(CC(N)=O)C(=O)CCC(=O)OC(C)(C)C. The van der Waals surface area contributed by atoms with Crippen LogP contribution in [0, 0.1) is 0 Å². The highest BCUT2D eigenvalue weighted by molar-refractivity contribution is 5.85. The van der Waals surface area contributed by atoms with Crippen molar-refractivity contribution in [1.82, 2.24) is 4.90 Å². The number of carbonyl (C=O) groups excluding carboxylic acids is 3. The number of hydrogen-bond donors (Lipinski definition) is 1. The zero-order valence-corrected chi connectivity index (χ0v) is 11.5. The van der Waals surface area contributed by atoms with Crippen LogP contribution in [-0.4, -0.2) is 41.4 Å². The van der Waals surface area contributed by atoms with Crippen molar-refractivity contribution in [2.24, 2.45) is 5.73 Å². The molecule has 0 bridgehead atoms. The van der Waals surface area contributed by atoms with E-state index in [0.717, 1.165) is 0 Å². The first-order valence-electron chi connectivity index (χ1n) is 5.93. The first-order chi connectivity index (χ1) is 8.15. The Labute approximate surface area is 107 Å². The quantitative estimate of drug-likeness (QED) is 0.700. The number of esters is 1. The summed E-state index contributed by atoms with van der Waals surface area (Å²) in [6, 6.07) is 0. The lowest BCUT2D eigenvalue weighted by Crippen LogP contribution is -2.38. The van der Waals surface area contributed by atoms with Crippen molar-refractivity contribution in [1.29, 1.82) is 0 Å². The van der Waals surface area contributed by atoms with E-state index in [0.29, 0.717) is 6.54 Å². The van der Waals surface area contributed by atoms with Gasteiger partial charge in [0.05, 0.1) is 13.0 Å². The molecule has 104 valence electrons. The Kier molecular flexibility index (Phi) is 6.36. The van der Waals surface area contributed by atoms with Crippen molar-refractivity contribution >= 4 is 17.8 Å². The van der Waals surface area contributed by atoms with Gasteiger partial charge in [-0.05, 0) is 27.7 Å². The summed E-state index contributed by atoms with van der Waals surface area (Å²) in [4.78, 5) is 35.1. The van der Waals surface area contributed by atoms with Crippen LogP contribution in [-0.2, 0) is 19.1 Å². The summed E-state index contributed by atoms with van der Waals surface area (Å²) < 4.78 is 5.08. The van der Waals surface area contributed by atoms with E-state index in [1.807, 2.05) is 0 Å². The average Bonchev–Trinajstić information content (AvgIpc) is 2.19. The first-order valence-corrected chi connectivity index (χ1v) is 5.93. The van der Waals surface area contributed by atoms with Gasteiger partial charge in [0.1, 0.15) is 5.60 Å². The van der Waals surface area contributed by atoms with Gasteiger partial charge in [0.15, 0.2) is 0 Å². The van der Waals surface area contributed by atoms with Gasteiger partial charge in [0.25, 0.3) is 0 Å². The molecule has 0 aliphatic rings. The molecule has 0 saturated carbocycles. The number of rotatable bonds is 6. The molecule has 0 aliphatic heterocycles. The Balaban J connectivity index is 4.16. The maximum atomic E-state index is 11.7. The number of nitrogens with two attached hydrogens (primary N) is 1. The van der Waals surface area contributed by atoms with Crippen LogP contribution < -0.4 is 5.73 Å². The molecular formula is C12H22N2O4. The third-order valence-electron chi connectivity index (χ3n) is 2.04. The molecule has 0 fully saturated rings. The monoisotopic (exact) mass is 258 g/mol. The van der Waals surface area contributed by atoms with Crippen LogP contribution >= 0.6 is 0 Å². The van der Waals surface area contributed by atoms with Crippen LogP contribution in [0.5, 0.6) is 0 Å². The molecule has 0 heterocycles.